The van der Waals surface area contributed by atoms with Crippen molar-refractivity contribution in [2.75, 3.05) is 38.7 Å². The molecule has 1 aromatic carbocycles. The second kappa shape index (κ2) is 7.27. The number of halogens is 1. The fourth-order valence-electron chi connectivity index (χ4n) is 4.39. The summed E-state index contributed by atoms with van der Waals surface area (Å²) in [5.41, 5.74) is 0.826. The lowest BCUT2D eigenvalue weighted by atomic mass is 10.0. The fourth-order valence-corrected chi connectivity index (χ4v) is 4.39. The van der Waals surface area contributed by atoms with Gasteiger partial charge < -0.3 is 14.5 Å². The molecule has 0 bridgehead atoms. The fraction of sp³-hybridized carbons (Fsp3) is 0.526. The van der Waals surface area contributed by atoms with Crippen molar-refractivity contribution in [2.24, 2.45) is 5.92 Å². The van der Waals surface area contributed by atoms with E-state index in [0.717, 1.165) is 17.1 Å². The van der Waals surface area contributed by atoms with Gasteiger partial charge in [-0.25, -0.2) is 9.18 Å². The zero-order valence-corrected chi connectivity index (χ0v) is 16.5. The zero-order chi connectivity index (χ0) is 20.9. The minimum atomic E-state index is -0.652. The number of amides is 3. The number of benzene rings is 1. The van der Waals surface area contributed by atoms with Crippen molar-refractivity contribution < 1.29 is 23.5 Å². The van der Waals surface area contributed by atoms with Crippen LogP contribution in [0.15, 0.2) is 24.3 Å². The standard InChI is InChI=1S/C19H24FN5O4/c1-11-8-23(13-6-4-12(20)5-7-13)18-21-16-15(24(18)9-11)17(27)25(10-14(26)29-3)19(28)22(16)2/h4-7,11,15-16,18,21H,8-10H2,1-3H3. The number of likely N-dealkylation sites (N-methyl/N-ethyl adjacent to an activating group) is 1. The Morgan fingerprint density at radius 3 is 2.59 bits per heavy atom. The molecule has 10 heteroatoms. The Bertz CT molecular complexity index is 834. The molecule has 9 nitrogen and oxygen atoms in total. The van der Waals surface area contributed by atoms with Crippen LogP contribution in [0.4, 0.5) is 14.9 Å². The largest absolute Gasteiger partial charge is 0.468 e. The number of fused-ring (bicyclic) bond motifs is 3. The third kappa shape index (κ3) is 3.22. The van der Waals surface area contributed by atoms with E-state index >= 15 is 0 Å². The first-order chi connectivity index (χ1) is 13.8. The first-order valence-electron chi connectivity index (χ1n) is 9.50. The van der Waals surface area contributed by atoms with Crippen molar-refractivity contribution in [2.45, 2.75) is 25.4 Å². The van der Waals surface area contributed by atoms with E-state index in [9.17, 15) is 18.8 Å². The van der Waals surface area contributed by atoms with Crippen molar-refractivity contribution in [3.8, 4) is 0 Å². The van der Waals surface area contributed by atoms with Crippen molar-refractivity contribution >= 4 is 23.6 Å². The molecule has 0 spiro atoms. The first-order valence-corrected chi connectivity index (χ1v) is 9.50. The van der Waals surface area contributed by atoms with Crippen LogP contribution in [0.25, 0.3) is 0 Å². The number of hydrogen-bond acceptors (Lipinski definition) is 7. The first kappa shape index (κ1) is 19.6. The van der Waals surface area contributed by atoms with Gasteiger partial charge in [-0.1, -0.05) is 6.92 Å². The SMILES string of the molecule is COC(=O)CN1C(=O)C2C(NC3N(c4ccc(F)cc4)CC(C)CN23)N(C)C1=O. The molecule has 1 N–H and O–H groups in total. The Morgan fingerprint density at radius 2 is 1.93 bits per heavy atom. The van der Waals surface area contributed by atoms with E-state index in [4.69, 9.17) is 0 Å². The summed E-state index contributed by atoms with van der Waals surface area (Å²) in [5, 5.41) is 3.38. The second-order valence-electron chi connectivity index (χ2n) is 7.75. The molecule has 4 unspecified atom stereocenters. The minimum absolute atomic E-state index is 0.238. The van der Waals surface area contributed by atoms with Crippen LogP contribution in [-0.2, 0) is 14.3 Å². The highest BCUT2D eigenvalue weighted by Gasteiger charge is 2.57. The summed E-state index contributed by atoms with van der Waals surface area (Å²) in [7, 11) is 2.82. The molecule has 0 saturated carbocycles. The molecule has 156 valence electrons. The summed E-state index contributed by atoms with van der Waals surface area (Å²) in [6, 6.07) is 5.04. The van der Waals surface area contributed by atoms with Crippen molar-refractivity contribution in [3.63, 3.8) is 0 Å². The number of carbonyl (C=O) groups is 3. The van der Waals surface area contributed by atoms with Crippen molar-refractivity contribution in [1.29, 1.82) is 0 Å². The topological polar surface area (TPSA) is 85.4 Å². The lowest BCUT2D eigenvalue weighted by molar-refractivity contribution is -0.149. The van der Waals surface area contributed by atoms with E-state index in [-0.39, 0.29) is 18.0 Å². The highest BCUT2D eigenvalue weighted by molar-refractivity contribution is 6.02. The van der Waals surface area contributed by atoms with Gasteiger partial charge in [0.25, 0.3) is 5.91 Å². The zero-order valence-electron chi connectivity index (χ0n) is 16.5. The summed E-state index contributed by atoms with van der Waals surface area (Å²) in [6.07, 6.45) is -0.855. The number of hydrogen-bond donors (Lipinski definition) is 1. The second-order valence-corrected chi connectivity index (χ2v) is 7.75. The van der Waals surface area contributed by atoms with E-state index in [1.165, 1.54) is 24.1 Å². The maximum atomic E-state index is 13.4. The van der Waals surface area contributed by atoms with Crippen molar-refractivity contribution in [3.05, 3.63) is 30.1 Å². The van der Waals surface area contributed by atoms with Gasteiger partial charge in [0.15, 0.2) is 0 Å². The lowest BCUT2D eigenvalue weighted by Gasteiger charge is -2.45. The molecule has 3 aliphatic rings. The minimum Gasteiger partial charge on any atom is -0.468 e. The molecular formula is C19H24FN5O4. The average Bonchev–Trinajstić information content (AvgIpc) is 3.09. The quantitative estimate of drug-likeness (QED) is 0.721. The molecule has 3 aliphatic heterocycles. The highest BCUT2D eigenvalue weighted by Crippen LogP contribution is 2.34. The van der Waals surface area contributed by atoms with Gasteiger partial charge >= 0.3 is 12.0 Å². The van der Waals surface area contributed by atoms with Gasteiger partial charge in [0.05, 0.1) is 7.11 Å². The molecule has 3 heterocycles. The number of carbonyl (C=O) groups excluding carboxylic acids is 3. The molecule has 3 saturated heterocycles. The van der Waals surface area contributed by atoms with Crippen LogP contribution in [0.5, 0.6) is 0 Å². The Labute approximate surface area is 168 Å². The maximum absolute atomic E-state index is 13.4. The monoisotopic (exact) mass is 405 g/mol. The third-order valence-corrected chi connectivity index (χ3v) is 5.76. The van der Waals surface area contributed by atoms with E-state index in [1.807, 2.05) is 4.90 Å². The van der Waals surface area contributed by atoms with Crippen LogP contribution in [0.1, 0.15) is 6.92 Å². The number of anilines is 1. The van der Waals surface area contributed by atoms with Crippen LogP contribution in [0.3, 0.4) is 0 Å². The van der Waals surface area contributed by atoms with Gasteiger partial charge in [-0.3, -0.25) is 24.7 Å². The lowest BCUT2D eigenvalue weighted by Crippen LogP contribution is -2.67. The Morgan fingerprint density at radius 1 is 1.24 bits per heavy atom. The van der Waals surface area contributed by atoms with Gasteiger partial charge in [0.1, 0.15) is 30.9 Å². The number of ether oxygens (including phenoxy) is 1. The van der Waals surface area contributed by atoms with E-state index < -0.39 is 36.7 Å². The number of methoxy groups -OCH3 is 1. The van der Waals surface area contributed by atoms with Crippen molar-refractivity contribution in [1.82, 2.24) is 20.0 Å². The van der Waals surface area contributed by atoms with Gasteiger partial charge in [-0.15, -0.1) is 0 Å². The molecule has 4 atom stereocenters. The number of urea groups is 1. The highest BCUT2D eigenvalue weighted by atomic mass is 19.1. The number of nitrogens with zero attached hydrogens (tertiary/aromatic N) is 4. The number of nitrogens with one attached hydrogen (secondary N) is 1. The van der Waals surface area contributed by atoms with Gasteiger partial charge in [0.2, 0.25) is 0 Å². The molecule has 29 heavy (non-hydrogen) atoms. The summed E-state index contributed by atoms with van der Waals surface area (Å²) in [4.78, 5) is 44.1. The predicted octanol–water partition coefficient (Wildman–Crippen LogP) is 0.232. The molecule has 0 radical (unpaired) electrons. The summed E-state index contributed by atoms with van der Waals surface area (Å²) >= 11 is 0. The number of imide groups is 1. The molecule has 1 aromatic rings. The van der Waals surface area contributed by atoms with Crippen LogP contribution in [0, 0.1) is 11.7 Å². The van der Waals surface area contributed by atoms with Crippen LogP contribution < -0.4 is 10.2 Å². The number of rotatable bonds is 3. The van der Waals surface area contributed by atoms with Gasteiger partial charge in [-0.05, 0) is 30.2 Å². The Hall–Kier alpha value is -2.72. The molecule has 4 rings (SSSR count). The maximum Gasteiger partial charge on any atom is 0.328 e. The van der Waals surface area contributed by atoms with E-state index in [0.29, 0.717) is 6.54 Å². The Kier molecular flexibility index (Phi) is 4.91. The molecule has 0 aromatic heterocycles. The number of esters is 1. The average molecular weight is 405 g/mol. The molecule has 0 aliphatic carbocycles. The molecular weight excluding hydrogens is 381 g/mol. The summed E-state index contributed by atoms with van der Waals surface area (Å²) in [6.45, 7) is 3.03. The predicted molar refractivity (Wildman–Crippen MR) is 101 cm³/mol. The summed E-state index contributed by atoms with van der Waals surface area (Å²) in [5.74, 6) is -1.16. The summed E-state index contributed by atoms with van der Waals surface area (Å²) < 4.78 is 18.0. The van der Waals surface area contributed by atoms with Gasteiger partial charge in [0, 0.05) is 25.8 Å². The van der Waals surface area contributed by atoms with E-state index in [2.05, 4.69) is 21.9 Å². The third-order valence-electron chi connectivity index (χ3n) is 5.76. The smallest absolute Gasteiger partial charge is 0.328 e. The van der Waals surface area contributed by atoms with Crippen LogP contribution >= 0.6 is 0 Å². The van der Waals surface area contributed by atoms with Crippen LogP contribution in [0.2, 0.25) is 0 Å². The molecule has 3 fully saturated rings. The normalized spacial score (nSPS) is 29.7. The van der Waals surface area contributed by atoms with E-state index in [1.54, 1.807) is 19.2 Å². The van der Waals surface area contributed by atoms with Gasteiger partial charge in [-0.2, -0.15) is 0 Å². The van der Waals surface area contributed by atoms with Crippen LogP contribution in [-0.4, -0.2) is 84.9 Å². The molecule has 3 amide bonds. The Balaban J connectivity index is 1.66.